The average molecular weight is 305 g/mol. The Labute approximate surface area is 126 Å². The Morgan fingerprint density at radius 1 is 1.00 bits per heavy atom. The van der Waals surface area contributed by atoms with E-state index in [4.69, 9.17) is 0 Å². The van der Waals surface area contributed by atoms with Crippen molar-refractivity contribution in [2.75, 3.05) is 6.54 Å². The number of likely N-dealkylation sites (tertiary alicyclic amines) is 1. The van der Waals surface area contributed by atoms with E-state index in [1.165, 1.54) is 18.2 Å². The van der Waals surface area contributed by atoms with E-state index in [0.29, 0.717) is 6.54 Å². The fourth-order valence-electron chi connectivity index (χ4n) is 2.84. The van der Waals surface area contributed by atoms with Gasteiger partial charge in [0.05, 0.1) is 6.04 Å². The minimum Gasteiger partial charge on any atom is -0.332 e. The second kappa shape index (κ2) is 5.83. The predicted octanol–water partition coefficient (Wildman–Crippen LogP) is 4.08. The maximum absolute atomic E-state index is 13.3. The molecule has 22 heavy (non-hydrogen) atoms. The Bertz CT molecular complexity index is 700. The first-order valence-electron chi connectivity index (χ1n) is 7.08. The highest BCUT2D eigenvalue weighted by Crippen LogP contribution is 2.33. The van der Waals surface area contributed by atoms with Crippen molar-refractivity contribution in [3.8, 4) is 0 Å². The summed E-state index contributed by atoms with van der Waals surface area (Å²) >= 11 is 0. The number of carbonyl (C=O) groups excluding carboxylic acids is 1. The summed E-state index contributed by atoms with van der Waals surface area (Å²) in [5.74, 6) is -2.69. The van der Waals surface area contributed by atoms with Gasteiger partial charge in [0.2, 0.25) is 0 Å². The first-order chi connectivity index (χ1) is 10.6. The Hall–Kier alpha value is -2.30. The van der Waals surface area contributed by atoms with Gasteiger partial charge in [-0.1, -0.05) is 12.1 Å². The third kappa shape index (κ3) is 2.71. The molecule has 0 bridgehead atoms. The van der Waals surface area contributed by atoms with E-state index in [1.54, 1.807) is 17.0 Å². The van der Waals surface area contributed by atoms with Crippen molar-refractivity contribution in [3.05, 3.63) is 71.0 Å². The van der Waals surface area contributed by atoms with Gasteiger partial charge in [-0.3, -0.25) is 4.79 Å². The van der Waals surface area contributed by atoms with Crippen LogP contribution in [0, 0.1) is 17.5 Å². The molecular weight excluding hydrogens is 291 g/mol. The number of hydrogen-bond acceptors (Lipinski definition) is 1. The molecule has 2 aromatic carbocycles. The van der Waals surface area contributed by atoms with Crippen LogP contribution < -0.4 is 0 Å². The molecule has 2 nitrogen and oxygen atoms in total. The number of carbonyl (C=O) groups is 1. The zero-order valence-corrected chi connectivity index (χ0v) is 11.7. The zero-order valence-electron chi connectivity index (χ0n) is 11.7. The average Bonchev–Trinajstić information content (AvgIpc) is 2.99. The van der Waals surface area contributed by atoms with Crippen LogP contribution in [0.15, 0.2) is 42.5 Å². The standard InChI is InChI=1S/C17H14F3NO/c18-13-6-3-11(4-7-13)16-2-1-9-21(16)17(22)12-5-8-14(19)15(20)10-12/h3-8,10,16H,1-2,9H2. The number of rotatable bonds is 2. The van der Waals surface area contributed by atoms with Crippen LogP contribution in [0.4, 0.5) is 13.2 Å². The Morgan fingerprint density at radius 3 is 2.41 bits per heavy atom. The van der Waals surface area contributed by atoms with E-state index in [-0.39, 0.29) is 23.3 Å². The second-order valence-corrected chi connectivity index (χ2v) is 5.34. The van der Waals surface area contributed by atoms with Gasteiger partial charge in [-0.05, 0) is 48.7 Å². The summed E-state index contributed by atoms with van der Waals surface area (Å²) in [6.07, 6.45) is 1.58. The maximum Gasteiger partial charge on any atom is 0.254 e. The minimum atomic E-state index is -1.04. The number of benzene rings is 2. The van der Waals surface area contributed by atoms with Crippen molar-refractivity contribution in [1.82, 2.24) is 4.90 Å². The highest BCUT2D eigenvalue weighted by molar-refractivity contribution is 5.94. The summed E-state index contributed by atoms with van der Waals surface area (Å²) in [7, 11) is 0. The van der Waals surface area contributed by atoms with Crippen LogP contribution in [0.3, 0.4) is 0 Å². The van der Waals surface area contributed by atoms with Gasteiger partial charge in [0, 0.05) is 12.1 Å². The Balaban J connectivity index is 1.87. The van der Waals surface area contributed by atoms with Crippen molar-refractivity contribution in [2.45, 2.75) is 18.9 Å². The molecule has 5 heteroatoms. The van der Waals surface area contributed by atoms with Gasteiger partial charge in [0.25, 0.3) is 5.91 Å². The van der Waals surface area contributed by atoms with E-state index in [2.05, 4.69) is 0 Å². The first kappa shape index (κ1) is 14.6. The van der Waals surface area contributed by atoms with E-state index in [1.807, 2.05) is 0 Å². The van der Waals surface area contributed by atoms with Gasteiger partial charge in [-0.25, -0.2) is 13.2 Å². The van der Waals surface area contributed by atoms with Crippen LogP contribution in [0.5, 0.6) is 0 Å². The van der Waals surface area contributed by atoms with Crippen molar-refractivity contribution < 1.29 is 18.0 Å². The highest BCUT2D eigenvalue weighted by atomic mass is 19.2. The van der Waals surface area contributed by atoms with Gasteiger partial charge in [-0.15, -0.1) is 0 Å². The molecule has 1 heterocycles. The molecule has 1 aliphatic rings. The third-order valence-electron chi connectivity index (χ3n) is 3.93. The van der Waals surface area contributed by atoms with Crippen LogP contribution in [0.2, 0.25) is 0 Å². The normalized spacial score (nSPS) is 17.8. The molecule has 0 saturated carbocycles. The summed E-state index contributed by atoms with van der Waals surface area (Å²) in [5.41, 5.74) is 0.961. The lowest BCUT2D eigenvalue weighted by atomic mass is 10.0. The molecule has 0 radical (unpaired) electrons. The Morgan fingerprint density at radius 2 is 1.73 bits per heavy atom. The molecule has 0 spiro atoms. The molecule has 0 N–H and O–H groups in total. The summed E-state index contributed by atoms with van der Waals surface area (Å²) in [6.45, 7) is 0.542. The molecular formula is C17H14F3NO. The van der Waals surface area contributed by atoms with Crippen LogP contribution in [-0.2, 0) is 0 Å². The quantitative estimate of drug-likeness (QED) is 0.818. The summed E-state index contributed by atoms with van der Waals surface area (Å²) in [4.78, 5) is 14.1. The van der Waals surface area contributed by atoms with Crippen molar-refractivity contribution in [1.29, 1.82) is 0 Å². The van der Waals surface area contributed by atoms with Crippen LogP contribution >= 0.6 is 0 Å². The van der Waals surface area contributed by atoms with Gasteiger partial charge in [-0.2, -0.15) is 0 Å². The molecule has 0 aliphatic carbocycles. The van der Waals surface area contributed by atoms with E-state index < -0.39 is 11.6 Å². The van der Waals surface area contributed by atoms with E-state index in [0.717, 1.165) is 30.5 Å². The minimum absolute atomic E-state index is 0.118. The molecule has 1 saturated heterocycles. The molecule has 1 amide bonds. The fraction of sp³-hybridized carbons (Fsp3) is 0.235. The lowest BCUT2D eigenvalue weighted by Crippen LogP contribution is -2.30. The van der Waals surface area contributed by atoms with Gasteiger partial charge in [0.15, 0.2) is 11.6 Å². The summed E-state index contributed by atoms with van der Waals surface area (Å²) in [5, 5.41) is 0. The first-order valence-corrected chi connectivity index (χ1v) is 7.08. The van der Waals surface area contributed by atoms with Crippen LogP contribution in [0.25, 0.3) is 0 Å². The van der Waals surface area contributed by atoms with E-state index in [9.17, 15) is 18.0 Å². The smallest absolute Gasteiger partial charge is 0.254 e. The predicted molar refractivity (Wildman–Crippen MR) is 75.8 cm³/mol. The monoisotopic (exact) mass is 305 g/mol. The second-order valence-electron chi connectivity index (χ2n) is 5.34. The largest absolute Gasteiger partial charge is 0.332 e. The van der Waals surface area contributed by atoms with Crippen LogP contribution in [-0.4, -0.2) is 17.4 Å². The zero-order chi connectivity index (χ0) is 15.7. The third-order valence-corrected chi connectivity index (χ3v) is 3.93. The maximum atomic E-state index is 13.3. The summed E-state index contributed by atoms with van der Waals surface area (Å²) in [6, 6.07) is 8.99. The van der Waals surface area contributed by atoms with Crippen molar-refractivity contribution in [3.63, 3.8) is 0 Å². The van der Waals surface area contributed by atoms with E-state index >= 15 is 0 Å². The number of hydrogen-bond donors (Lipinski definition) is 0. The number of amides is 1. The molecule has 1 fully saturated rings. The molecule has 3 rings (SSSR count). The van der Waals surface area contributed by atoms with Gasteiger partial charge < -0.3 is 4.90 Å². The summed E-state index contributed by atoms with van der Waals surface area (Å²) < 4.78 is 39.3. The van der Waals surface area contributed by atoms with Crippen molar-refractivity contribution in [2.24, 2.45) is 0 Å². The molecule has 114 valence electrons. The van der Waals surface area contributed by atoms with Crippen LogP contribution in [0.1, 0.15) is 34.8 Å². The Kier molecular flexibility index (Phi) is 3.88. The molecule has 0 aromatic heterocycles. The number of halogens is 3. The number of nitrogens with zero attached hydrogens (tertiary/aromatic N) is 1. The topological polar surface area (TPSA) is 20.3 Å². The van der Waals surface area contributed by atoms with Gasteiger partial charge in [0.1, 0.15) is 5.82 Å². The molecule has 1 aliphatic heterocycles. The lowest BCUT2D eigenvalue weighted by Gasteiger charge is -2.25. The highest BCUT2D eigenvalue weighted by Gasteiger charge is 2.30. The molecule has 1 unspecified atom stereocenters. The molecule has 2 aromatic rings. The fourth-order valence-corrected chi connectivity index (χ4v) is 2.84. The molecule has 1 atom stereocenters. The SMILES string of the molecule is O=C(c1ccc(F)c(F)c1)N1CCCC1c1ccc(F)cc1. The van der Waals surface area contributed by atoms with Crippen molar-refractivity contribution >= 4 is 5.91 Å². The lowest BCUT2D eigenvalue weighted by molar-refractivity contribution is 0.0735. The van der Waals surface area contributed by atoms with Gasteiger partial charge >= 0.3 is 0 Å².